The van der Waals surface area contributed by atoms with Gasteiger partial charge >= 0.3 is 0 Å². The molecule has 1 aromatic rings. The molecule has 0 radical (unpaired) electrons. The van der Waals surface area contributed by atoms with Gasteiger partial charge in [0.05, 0.1) is 18.7 Å². The van der Waals surface area contributed by atoms with Crippen molar-refractivity contribution in [1.29, 1.82) is 0 Å². The SMILES string of the molecule is CNCC#Cc1ccc(OC)cc1Cl. The lowest BCUT2D eigenvalue weighted by molar-refractivity contribution is 0.415. The zero-order chi connectivity index (χ0) is 10.4. The van der Waals surface area contributed by atoms with E-state index in [0.29, 0.717) is 11.6 Å². The van der Waals surface area contributed by atoms with E-state index in [1.165, 1.54) is 0 Å². The molecule has 0 aliphatic carbocycles. The van der Waals surface area contributed by atoms with Crippen LogP contribution in [0.25, 0.3) is 0 Å². The summed E-state index contributed by atoms with van der Waals surface area (Å²) < 4.78 is 5.03. The van der Waals surface area contributed by atoms with E-state index >= 15 is 0 Å². The van der Waals surface area contributed by atoms with Crippen molar-refractivity contribution in [3.8, 4) is 17.6 Å². The van der Waals surface area contributed by atoms with Gasteiger partial charge in [0, 0.05) is 5.56 Å². The lowest BCUT2D eigenvalue weighted by Gasteiger charge is -2.00. The summed E-state index contributed by atoms with van der Waals surface area (Å²) >= 11 is 5.98. The Bertz CT molecular complexity index is 365. The van der Waals surface area contributed by atoms with E-state index in [0.717, 1.165) is 11.3 Å². The summed E-state index contributed by atoms with van der Waals surface area (Å²) in [5.74, 6) is 6.65. The largest absolute Gasteiger partial charge is 0.497 e. The fourth-order valence-corrected chi connectivity index (χ4v) is 1.17. The van der Waals surface area contributed by atoms with Crippen molar-refractivity contribution in [3.05, 3.63) is 28.8 Å². The quantitative estimate of drug-likeness (QED) is 0.752. The normalized spacial score (nSPS) is 9.07. The average molecular weight is 210 g/mol. The highest BCUT2D eigenvalue weighted by molar-refractivity contribution is 6.31. The van der Waals surface area contributed by atoms with E-state index in [2.05, 4.69) is 17.2 Å². The number of nitrogens with one attached hydrogen (secondary N) is 1. The minimum absolute atomic E-state index is 0.618. The summed E-state index contributed by atoms with van der Waals surface area (Å²) in [6, 6.07) is 5.45. The Hall–Kier alpha value is -1.17. The van der Waals surface area contributed by atoms with Gasteiger partial charge in [0.25, 0.3) is 0 Å². The van der Waals surface area contributed by atoms with Crippen LogP contribution in [0, 0.1) is 11.8 Å². The number of ether oxygens (including phenoxy) is 1. The lowest BCUT2D eigenvalue weighted by Crippen LogP contribution is -2.04. The first-order chi connectivity index (χ1) is 6.77. The standard InChI is InChI=1S/C11H12ClNO/c1-13-7-3-4-9-5-6-10(14-2)8-11(9)12/h5-6,8,13H,7H2,1-2H3. The van der Waals surface area contributed by atoms with E-state index in [1.807, 2.05) is 19.2 Å². The predicted molar refractivity (Wildman–Crippen MR) is 58.8 cm³/mol. The molecular formula is C11H12ClNO. The molecule has 1 N–H and O–H groups in total. The third kappa shape index (κ3) is 2.95. The average Bonchev–Trinajstić information content (AvgIpc) is 2.20. The summed E-state index contributed by atoms with van der Waals surface area (Å²) in [5.41, 5.74) is 0.822. The van der Waals surface area contributed by atoms with Crippen LogP contribution in [-0.4, -0.2) is 20.7 Å². The molecule has 0 fully saturated rings. The van der Waals surface area contributed by atoms with E-state index in [9.17, 15) is 0 Å². The fraction of sp³-hybridized carbons (Fsp3) is 0.273. The zero-order valence-corrected chi connectivity index (χ0v) is 8.98. The number of halogens is 1. The van der Waals surface area contributed by atoms with Crippen LogP contribution in [0.15, 0.2) is 18.2 Å². The van der Waals surface area contributed by atoms with Gasteiger partial charge in [0.1, 0.15) is 5.75 Å². The molecule has 0 saturated carbocycles. The molecule has 0 unspecified atom stereocenters. The first-order valence-corrected chi connectivity index (χ1v) is 4.62. The van der Waals surface area contributed by atoms with Gasteiger partial charge in [-0.05, 0) is 25.2 Å². The minimum atomic E-state index is 0.618. The first-order valence-electron chi connectivity index (χ1n) is 4.25. The number of hydrogen-bond donors (Lipinski definition) is 1. The van der Waals surface area contributed by atoms with Gasteiger partial charge in [-0.15, -0.1) is 0 Å². The van der Waals surface area contributed by atoms with Crippen molar-refractivity contribution in [1.82, 2.24) is 5.32 Å². The van der Waals surface area contributed by atoms with Crippen molar-refractivity contribution < 1.29 is 4.74 Å². The molecule has 0 aromatic heterocycles. The van der Waals surface area contributed by atoms with Gasteiger partial charge in [-0.1, -0.05) is 23.4 Å². The molecule has 0 atom stereocenters. The molecule has 74 valence electrons. The topological polar surface area (TPSA) is 21.3 Å². The maximum atomic E-state index is 5.98. The monoisotopic (exact) mass is 209 g/mol. The van der Waals surface area contributed by atoms with Gasteiger partial charge in [0.15, 0.2) is 0 Å². The van der Waals surface area contributed by atoms with Gasteiger partial charge in [0.2, 0.25) is 0 Å². The number of benzene rings is 1. The second-order valence-corrected chi connectivity index (χ2v) is 3.09. The highest BCUT2D eigenvalue weighted by Crippen LogP contribution is 2.21. The Kier molecular flexibility index (Phi) is 4.31. The third-order valence-corrected chi connectivity index (χ3v) is 1.98. The molecular weight excluding hydrogens is 198 g/mol. The van der Waals surface area contributed by atoms with Gasteiger partial charge in [-0.3, -0.25) is 0 Å². The Labute approximate surface area is 89.2 Å². The van der Waals surface area contributed by atoms with Crippen LogP contribution in [0.4, 0.5) is 0 Å². The van der Waals surface area contributed by atoms with Crippen molar-refractivity contribution >= 4 is 11.6 Å². The molecule has 0 bridgehead atoms. The molecule has 0 amide bonds. The molecule has 14 heavy (non-hydrogen) atoms. The highest BCUT2D eigenvalue weighted by atomic mass is 35.5. The Morgan fingerprint density at radius 3 is 2.86 bits per heavy atom. The molecule has 1 rings (SSSR count). The summed E-state index contributed by atoms with van der Waals surface area (Å²) in [7, 11) is 3.46. The summed E-state index contributed by atoms with van der Waals surface area (Å²) in [4.78, 5) is 0. The number of hydrogen-bond acceptors (Lipinski definition) is 2. The van der Waals surface area contributed by atoms with E-state index in [-0.39, 0.29) is 0 Å². The van der Waals surface area contributed by atoms with Crippen LogP contribution in [-0.2, 0) is 0 Å². The zero-order valence-electron chi connectivity index (χ0n) is 8.23. The van der Waals surface area contributed by atoms with Crippen LogP contribution < -0.4 is 10.1 Å². The summed E-state index contributed by atoms with van der Waals surface area (Å²) in [5, 5.41) is 3.56. The molecule has 0 spiro atoms. The Morgan fingerprint density at radius 1 is 1.50 bits per heavy atom. The minimum Gasteiger partial charge on any atom is -0.497 e. The van der Waals surface area contributed by atoms with Gasteiger partial charge in [-0.25, -0.2) is 0 Å². The van der Waals surface area contributed by atoms with Crippen LogP contribution in [0.3, 0.4) is 0 Å². The van der Waals surface area contributed by atoms with Crippen LogP contribution in [0.5, 0.6) is 5.75 Å². The maximum absolute atomic E-state index is 5.98. The van der Waals surface area contributed by atoms with Crippen LogP contribution in [0.2, 0.25) is 5.02 Å². The third-order valence-electron chi connectivity index (χ3n) is 1.66. The molecule has 1 aromatic carbocycles. The number of methoxy groups -OCH3 is 1. The van der Waals surface area contributed by atoms with Crippen molar-refractivity contribution in [3.63, 3.8) is 0 Å². The molecule has 0 aliphatic rings. The van der Waals surface area contributed by atoms with Crippen LogP contribution in [0.1, 0.15) is 5.56 Å². The summed E-state index contributed by atoms with van der Waals surface area (Å²) in [6.45, 7) is 0.655. The fourth-order valence-electron chi connectivity index (χ4n) is 0.952. The van der Waals surface area contributed by atoms with E-state index in [4.69, 9.17) is 16.3 Å². The van der Waals surface area contributed by atoms with Crippen molar-refractivity contribution in [2.24, 2.45) is 0 Å². The predicted octanol–water partition coefficient (Wildman–Crippen LogP) is 1.92. The van der Waals surface area contributed by atoms with Gasteiger partial charge in [-0.2, -0.15) is 0 Å². The molecule has 2 nitrogen and oxygen atoms in total. The lowest BCUT2D eigenvalue weighted by atomic mass is 10.2. The van der Waals surface area contributed by atoms with Crippen molar-refractivity contribution in [2.45, 2.75) is 0 Å². The molecule has 3 heteroatoms. The van der Waals surface area contributed by atoms with Crippen molar-refractivity contribution in [2.75, 3.05) is 20.7 Å². The van der Waals surface area contributed by atoms with E-state index in [1.54, 1.807) is 13.2 Å². The number of rotatable bonds is 2. The summed E-state index contributed by atoms with van der Waals surface area (Å²) in [6.07, 6.45) is 0. The molecule has 0 heterocycles. The smallest absolute Gasteiger partial charge is 0.120 e. The maximum Gasteiger partial charge on any atom is 0.120 e. The highest BCUT2D eigenvalue weighted by Gasteiger charge is 1.98. The van der Waals surface area contributed by atoms with E-state index < -0.39 is 0 Å². The molecule has 0 aliphatic heterocycles. The molecule has 0 saturated heterocycles. The Balaban J connectivity index is 2.85. The Morgan fingerprint density at radius 2 is 2.29 bits per heavy atom. The first kappa shape index (κ1) is 10.9. The van der Waals surface area contributed by atoms with Gasteiger partial charge < -0.3 is 10.1 Å². The van der Waals surface area contributed by atoms with Crippen LogP contribution >= 0.6 is 11.6 Å². The second kappa shape index (κ2) is 5.54. The second-order valence-electron chi connectivity index (χ2n) is 2.68.